The first-order chi connectivity index (χ1) is 4.09. The third kappa shape index (κ3) is 2.13. The van der Waals surface area contributed by atoms with Crippen LogP contribution in [0.5, 0.6) is 0 Å². The maximum atomic E-state index is 7.03. The summed E-state index contributed by atoms with van der Waals surface area (Å²) in [4.78, 5) is 0. The van der Waals surface area contributed by atoms with Gasteiger partial charge < -0.3 is 5.73 Å². The van der Waals surface area contributed by atoms with Crippen molar-refractivity contribution >= 4 is 5.84 Å². The molecule has 0 fully saturated rings. The maximum Gasteiger partial charge on any atom is 0.122 e. The van der Waals surface area contributed by atoms with Crippen LogP contribution in [0.15, 0.2) is 23.8 Å². The van der Waals surface area contributed by atoms with Crippen LogP contribution in [0.2, 0.25) is 0 Å². The van der Waals surface area contributed by atoms with E-state index in [-0.39, 0.29) is 5.84 Å². The van der Waals surface area contributed by atoms with E-state index in [1.807, 2.05) is 13.8 Å². The molecule has 0 atom stereocenters. The van der Waals surface area contributed by atoms with E-state index in [0.29, 0.717) is 0 Å². The molecule has 0 unspecified atom stereocenters. The van der Waals surface area contributed by atoms with Crippen molar-refractivity contribution in [1.29, 1.82) is 5.41 Å². The number of nitrogens with two attached hydrogens (primary N) is 1. The third-order valence-corrected chi connectivity index (χ3v) is 1.03. The van der Waals surface area contributed by atoms with E-state index < -0.39 is 0 Å². The topological polar surface area (TPSA) is 49.9 Å². The van der Waals surface area contributed by atoms with E-state index in [4.69, 9.17) is 11.1 Å². The van der Waals surface area contributed by atoms with Gasteiger partial charge in [0.25, 0.3) is 0 Å². The monoisotopic (exact) mass is 124 g/mol. The number of hydrogen-bond donors (Lipinski definition) is 2. The van der Waals surface area contributed by atoms with Gasteiger partial charge in [0, 0.05) is 5.57 Å². The molecule has 0 saturated heterocycles. The number of allylic oxidation sites excluding steroid dienone is 1. The quantitative estimate of drug-likeness (QED) is 0.326. The molecule has 0 heterocycles. The van der Waals surface area contributed by atoms with Gasteiger partial charge in [0.15, 0.2) is 0 Å². The Bertz CT molecular complexity index is 162. The fourth-order valence-corrected chi connectivity index (χ4v) is 0.583. The van der Waals surface area contributed by atoms with Crippen molar-refractivity contribution in [2.75, 3.05) is 0 Å². The predicted molar refractivity (Wildman–Crippen MR) is 40.5 cm³/mol. The summed E-state index contributed by atoms with van der Waals surface area (Å²) >= 11 is 0. The van der Waals surface area contributed by atoms with Crippen LogP contribution in [0.25, 0.3) is 0 Å². The molecule has 0 aromatic carbocycles. The highest BCUT2D eigenvalue weighted by molar-refractivity contribution is 5.97. The van der Waals surface area contributed by atoms with Gasteiger partial charge in [0.2, 0.25) is 0 Å². The van der Waals surface area contributed by atoms with Crippen LogP contribution in [0.4, 0.5) is 0 Å². The summed E-state index contributed by atoms with van der Waals surface area (Å²) in [5, 5.41) is 7.03. The van der Waals surface area contributed by atoms with Gasteiger partial charge in [-0.05, 0) is 13.8 Å². The molecule has 0 spiro atoms. The molecule has 0 bridgehead atoms. The number of rotatable bonds is 2. The molecule has 2 heteroatoms. The van der Waals surface area contributed by atoms with Crippen LogP contribution in [0.1, 0.15) is 13.8 Å². The van der Waals surface area contributed by atoms with E-state index in [9.17, 15) is 0 Å². The van der Waals surface area contributed by atoms with Crippen LogP contribution in [-0.4, -0.2) is 5.84 Å². The van der Waals surface area contributed by atoms with Crippen molar-refractivity contribution < 1.29 is 0 Å². The SMILES string of the molecule is C=CC(C(=N)N)=C(C)C. The second-order valence-electron chi connectivity index (χ2n) is 2.03. The maximum absolute atomic E-state index is 7.03. The Morgan fingerprint density at radius 1 is 1.56 bits per heavy atom. The highest BCUT2D eigenvalue weighted by Gasteiger charge is 1.95. The molecule has 0 aliphatic rings. The normalized spacial score (nSPS) is 8.22. The first-order valence-corrected chi connectivity index (χ1v) is 2.74. The van der Waals surface area contributed by atoms with E-state index in [1.165, 1.54) is 0 Å². The molecular weight excluding hydrogens is 112 g/mol. The minimum Gasteiger partial charge on any atom is -0.384 e. The van der Waals surface area contributed by atoms with Crippen LogP contribution in [0.3, 0.4) is 0 Å². The molecule has 0 aliphatic heterocycles. The van der Waals surface area contributed by atoms with Gasteiger partial charge in [0.05, 0.1) is 0 Å². The molecule has 0 amide bonds. The Morgan fingerprint density at radius 2 is 2.00 bits per heavy atom. The van der Waals surface area contributed by atoms with E-state index in [1.54, 1.807) is 6.08 Å². The van der Waals surface area contributed by atoms with E-state index in [2.05, 4.69) is 6.58 Å². The smallest absolute Gasteiger partial charge is 0.122 e. The molecule has 0 aromatic rings. The Hall–Kier alpha value is -1.05. The lowest BCUT2D eigenvalue weighted by molar-refractivity contribution is 1.32. The molecule has 3 N–H and O–H groups in total. The fraction of sp³-hybridized carbons (Fsp3) is 0.286. The summed E-state index contributed by atoms with van der Waals surface area (Å²) in [6.45, 7) is 7.33. The lowest BCUT2D eigenvalue weighted by atomic mass is 10.1. The van der Waals surface area contributed by atoms with Crippen molar-refractivity contribution in [2.45, 2.75) is 13.8 Å². The minimum absolute atomic E-state index is 0.0880. The molecule has 0 aromatic heterocycles. The molecule has 9 heavy (non-hydrogen) atoms. The highest BCUT2D eigenvalue weighted by Crippen LogP contribution is 2.01. The Labute approximate surface area is 55.6 Å². The van der Waals surface area contributed by atoms with E-state index in [0.717, 1.165) is 11.1 Å². The molecule has 2 nitrogen and oxygen atoms in total. The van der Waals surface area contributed by atoms with Gasteiger partial charge in [-0.1, -0.05) is 18.2 Å². The largest absolute Gasteiger partial charge is 0.384 e. The van der Waals surface area contributed by atoms with Gasteiger partial charge in [-0.3, -0.25) is 5.41 Å². The van der Waals surface area contributed by atoms with Gasteiger partial charge in [-0.25, -0.2) is 0 Å². The predicted octanol–water partition coefficient (Wildman–Crippen LogP) is 1.44. The summed E-state index contributed by atoms with van der Waals surface area (Å²) in [6.07, 6.45) is 1.59. The Morgan fingerprint density at radius 3 is 2.00 bits per heavy atom. The summed E-state index contributed by atoms with van der Waals surface area (Å²) in [5.74, 6) is 0.0880. The Balaban J connectivity index is 4.55. The number of amidine groups is 1. The zero-order valence-electron chi connectivity index (χ0n) is 5.86. The van der Waals surface area contributed by atoms with Gasteiger partial charge in [0.1, 0.15) is 5.84 Å². The van der Waals surface area contributed by atoms with Crippen molar-refractivity contribution in [2.24, 2.45) is 5.73 Å². The lowest BCUT2D eigenvalue weighted by Crippen LogP contribution is -2.12. The second kappa shape index (κ2) is 3.07. The van der Waals surface area contributed by atoms with Crippen LogP contribution in [-0.2, 0) is 0 Å². The first kappa shape index (κ1) is 7.95. The summed E-state index contributed by atoms with van der Waals surface area (Å²) in [7, 11) is 0. The van der Waals surface area contributed by atoms with Crippen LogP contribution < -0.4 is 5.73 Å². The first-order valence-electron chi connectivity index (χ1n) is 2.74. The molecule has 0 radical (unpaired) electrons. The van der Waals surface area contributed by atoms with Crippen molar-refractivity contribution in [3.05, 3.63) is 23.8 Å². The fourth-order valence-electron chi connectivity index (χ4n) is 0.583. The van der Waals surface area contributed by atoms with Crippen molar-refractivity contribution in [1.82, 2.24) is 0 Å². The summed E-state index contributed by atoms with van der Waals surface area (Å²) in [6, 6.07) is 0. The van der Waals surface area contributed by atoms with Gasteiger partial charge >= 0.3 is 0 Å². The number of hydrogen-bond acceptors (Lipinski definition) is 1. The lowest BCUT2D eigenvalue weighted by Gasteiger charge is -1.99. The molecule has 0 saturated carbocycles. The third-order valence-electron chi connectivity index (χ3n) is 1.03. The zero-order chi connectivity index (χ0) is 7.44. The molecule has 0 rings (SSSR count). The van der Waals surface area contributed by atoms with Crippen LogP contribution >= 0.6 is 0 Å². The van der Waals surface area contributed by atoms with E-state index >= 15 is 0 Å². The Kier molecular flexibility index (Phi) is 2.71. The average Bonchev–Trinajstić information content (AvgIpc) is 1.64. The molecule has 50 valence electrons. The van der Waals surface area contributed by atoms with Gasteiger partial charge in [-0.15, -0.1) is 0 Å². The number of nitrogens with one attached hydrogen (secondary N) is 1. The second-order valence-corrected chi connectivity index (χ2v) is 2.03. The zero-order valence-corrected chi connectivity index (χ0v) is 5.86. The van der Waals surface area contributed by atoms with Crippen LogP contribution in [0, 0.1) is 5.41 Å². The molecular formula is C7H12N2. The summed E-state index contributed by atoms with van der Waals surface area (Å²) < 4.78 is 0. The highest BCUT2D eigenvalue weighted by atomic mass is 14.7. The van der Waals surface area contributed by atoms with Crippen molar-refractivity contribution in [3.8, 4) is 0 Å². The molecule has 0 aliphatic carbocycles. The average molecular weight is 124 g/mol. The summed E-state index contributed by atoms with van der Waals surface area (Å²) in [5.41, 5.74) is 6.96. The van der Waals surface area contributed by atoms with Crippen molar-refractivity contribution in [3.63, 3.8) is 0 Å². The van der Waals surface area contributed by atoms with Gasteiger partial charge in [-0.2, -0.15) is 0 Å². The minimum atomic E-state index is 0.0880. The standard InChI is InChI=1S/C7H12N2/c1-4-6(5(2)3)7(8)9/h4H,1H2,2-3H3,(H3,8,9).